The zero-order chi connectivity index (χ0) is 13.7. The van der Waals surface area contributed by atoms with Gasteiger partial charge < -0.3 is 19.7 Å². The molecule has 2 saturated heterocycles. The molecule has 2 rings (SSSR count). The molecule has 0 amide bonds. The molecule has 2 heterocycles. The Bertz CT molecular complexity index is 222. The summed E-state index contributed by atoms with van der Waals surface area (Å²) in [5.74, 6) is -1.96. The first-order valence-corrected chi connectivity index (χ1v) is 4.84. The minimum atomic E-state index is -0.981. The minimum Gasteiger partial charge on any atom is -0.478 e. The topological polar surface area (TPSA) is 99.7 Å². The van der Waals surface area contributed by atoms with E-state index in [9.17, 15) is 9.59 Å². The van der Waals surface area contributed by atoms with Gasteiger partial charge in [-0.15, -0.1) is 0 Å². The van der Waals surface area contributed by atoms with Gasteiger partial charge in [0.05, 0.1) is 25.9 Å². The third-order valence-electron chi connectivity index (χ3n) is 1.05. The number of rotatable bonds is 2. The van der Waals surface area contributed by atoms with Gasteiger partial charge in [0.15, 0.2) is 0 Å². The molecule has 1 unspecified atom stereocenters. The van der Waals surface area contributed by atoms with Crippen LogP contribution in [0.2, 0.25) is 0 Å². The van der Waals surface area contributed by atoms with Gasteiger partial charge in [0, 0.05) is 12.2 Å². The Morgan fingerprint density at radius 3 is 1.35 bits per heavy atom. The standard InChI is InChI=1S/2C3H4O2.C3H6O.C2H4O/c2*1-2-3(4)5;1-3-2-4-3;1-2-3-1/h2*2H,1H2,(H,4,5);3H,2H2,1H3;1-2H2. The molecule has 2 fully saturated rings. The van der Waals surface area contributed by atoms with E-state index in [1.807, 2.05) is 0 Å². The molecule has 0 spiro atoms. The fraction of sp³-hybridized carbons (Fsp3) is 0.455. The monoisotopic (exact) mass is 246 g/mol. The number of carboxylic acid groups (broad SMARTS) is 2. The molecule has 6 heteroatoms. The van der Waals surface area contributed by atoms with E-state index in [0.717, 1.165) is 32.0 Å². The molecule has 0 aromatic carbocycles. The number of epoxide rings is 2. The van der Waals surface area contributed by atoms with Crippen molar-refractivity contribution in [1.82, 2.24) is 0 Å². The molecule has 1 atom stereocenters. The van der Waals surface area contributed by atoms with E-state index in [1.165, 1.54) is 0 Å². The van der Waals surface area contributed by atoms with E-state index in [0.29, 0.717) is 6.10 Å². The second-order valence-electron chi connectivity index (χ2n) is 2.84. The largest absolute Gasteiger partial charge is 0.478 e. The van der Waals surface area contributed by atoms with Crippen molar-refractivity contribution in [2.75, 3.05) is 19.8 Å². The molecule has 0 aromatic heterocycles. The lowest BCUT2D eigenvalue weighted by Gasteiger charge is -1.64. The molecular weight excluding hydrogens is 228 g/mol. The molecule has 6 nitrogen and oxygen atoms in total. The molecule has 0 radical (unpaired) electrons. The molecule has 2 aliphatic rings. The molecule has 0 saturated carbocycles. The quantitative estimate of drug-likeness (QED) is 0.555. The maximum Gasteiger partial charge on any atom is 0.327 e. The molecule has 98 valence electrons. The highest BCUT2D eigenvalue weighted by Gasteiger charge is 2.13. The Morgan fingerprint density at radius 2 is 1.35 bits per heavy atom. The summed E-state index contributed by atoms with van der Waals surface area (Å²) in [6, 6.07) is 0. The van der Waals surface area contributed by atoms with Crippen molar-refractivity contribution in [3.05, 3.63) is 25.3 Å². The van der Waals surface area contributed by atoms with Crippen LogP contribution < -0.4 is 0 Å². The maximum absolute atomic E-state index is 9.25. The summed E-state index contributed by atoms with van der Waals surface area (Å²) >= 11 is 0. The molecule has 0 bridgehead atoms. The second-order valence-corrected chi connectivity index (χ2v) is 2.84. The fourth-order valence-electron chi connectivity index (χ4n) is 0.0962. The van der Waals surface area contributed by atoms with Gasteiger partial charge in [0.1, 0.15) is 0 Å². The first kappa shape index (κ1) is 17.7. The third-order valence-corrected chi connectivity index (χ3v) is 1.05. The Kier molecular flexibility index (Phi) is 12.9. The Hall–Kier alpha value is -1.66. The summed E-state index contributed by atoms with van der Waals surface area (Å²) in [4.78, 5) is 18.5. The van der Waals surface area contributed by atoms with Crippen molar-refractivity contribution in [1.29, 1.82) is 0 Å². The fourth-order valence-corrected chi connectivity index (χ4v) is 0.0962. The summed E-state index contributed by atoms with van der Waals surface area (Å²) < 4.78 is 9.21. The van der Waals surface area contributed by atoms with Crippen LogP contribution >= 0.6 is 0 Å². The van der Waals surface area contributed by atoms with Gasteiger partial charge in [0.25, 0.3) is 0 Å². The van der Waals surface area contributed by atoms with Crippen molar-refractivity contribution < 1.29 is 29.3 Å². The zero-order valence-corrected chi connectivity index (χ0v) is 9.80. The number of carbonyl (C=O) groups is 2. The average molecular weight is 246 g/mol. The van der Waals surface area contributed by atoms with Crippen molar-refractivity contribution in [3.8, 4) is 0 Å². The van der Waals surface area contributed by atoms with Crippen LogP contribution in [0, 0.1) is 0 Å². The van der Waals surface area contributed by atoms with Gasteiger partial charge >= 0.3 is 11.9 Å². The van der Waals surface area contributed by atoms with Crippen molar-refractivity contribution >= 4 is 11.9 Å². The Morgan fingerprint density at radius 1 is 1.18 bits per heavy atom. The van der Waals surface area contributed by atoms with Crippen molar-refractivity contribution in [2.45, 2.75) is 13.0 Å². The second kappa shape index (κ2) is 12.4. The van der Waals surface area contributed by atoms with Crippen molar-refractivity contribution in [2.24, 2.45) is 0 Å². The van der Waals surface area contributed by atoms with Crippen LogP contribution in [0.4, 0.5) is 0 Å². The van der Waals surface area contributed by atoms with Crippen LogP contribution in [-0.4, -0.2) is 48.1 Å². The Labute approximate surface area is 100 Å². The number of hydrogen-bond acceptors (Lipinski definition) is 4. The number of aliphatic carboxylic acids is 2. The first-order valence-electron chi connectivity index (χ1n) is 4.84. The van der Waals surface area contributed by atoms with E-state index >= 15 is 0 Å². The summed E-state index contributed by atoms with van der Waals surface area (Å²) in [5, 5.41) is 15.2. The lowest BCUT2D eigenvalue weighted by molar-refractivity contribution is -0.132. The summed E-state index contributed by atoms with van der Waals surface area (Å²) in [6.07, 6.45) is 2.25. The van der Waals surface area contributed by atoms with Gasteiger partial charge in [-0.3, -0.25) is 0 Å². The van der Waals surface area contributed by atoms with E-state index < -0.39 is 11.9 Å². The lowest BCUT2D eigenvalue weighted by atomic mass is 10.6. The molecule has 0 aromatic rings. The summed E-state index contributed by atoms with van der Waals surface area (Å²) in [7, 11) is 0. The molecule has 17 heavy (non-hydrogen) atoms. The highest BCUT2D eigenvalue weighted by Crippen LogP contribution is 2.04. The van der Waals surface area contributed by atoms with Gasteiger partial charge in [-0.25, -0.2) is 9.59 Å². The highest BCUT2D eigenvalue weighted by atomic mass is 16.6. The SMILES string of the molecule is C1CO1.C=CC(=O)O.C=CC(=O)O.CC1CO1. The molecular formula is C11H18O6. The summed E-state index contributed by atoms with van der Waals surface area (Å²) in [6.45, 7) is 11.0. The molecule has 2 aliphatic heterocycles. The van der Waals surface area contributed by atoms with Gasteiger partial charge in [0.2, 0.25) is 0 Å². The Balaban J connectivity index is 0. The molecule has 0 aliphatic carbocycles. The van der Waals surface area contributed by atoms with Crippen LogP contribution in [-0.2, 0) is 19.1 Å². The van der Waals surface area contributed by atoms with Crippen LogP contribution in [0.15, 0.2) is 25.3 Å². The predicted octanol–water partition coefficient (Wildman–Crippen LogP) is 0.936. The first-order chi connectivity index (χ1) is 7.93. The predicted molar refractivity (Wildman–Crippen MR) is 61.9 cm³/mol. The average Bonchev–Trinajstić information content (AvgIpc) is 3.13. The number of carboxylic acids is 2. The van der Waals surface area contributed by atoms with E-state index in [4.69, 9.17) is 14.9 Å². The third kappa shape index (κ3) is 54.3. The smallest absolute Gasteiger partial charge is 0.327 e. The van der Waals surface area contributed by atoms with Gasteiger partial charge in [-0.1, -0.05) is 13.2 Å². The highest BCUT2D eigenvalue weighted by molar-refractivity contribution is 5.79. The number of ether oxygens (including phenoxy) is 2. The van der Waals surface area contributed by atoms with E-state index in [-0.39, 0.29) is 0 Å². The zero-order valence-electron chi connectivity index (χ0n) is 9.80. The van der Waals surface area contributed by atoms with Gasteiger partial charge in [-0.05, 0) is 6.92 Å². The normalized spacial score (nSPS) is 17.4. The van der Waals surface area contributed by atoms with E-state index in [1.54, 1.807) is 0 Å². The van der Waals surface area contributed by atoms with E-state index in [2.05, 4.69) is 24.8 Å². The number of hydrogen-bond donors (Lipinski definition) is 2. The van der Waals surface area contributed by atoms with Crippen LogP contribution in [0.25, 0.3) is 0 Å². The minimum absolute atomic E-state index is 0.583. The van der Waals surface area contributed by atoms with Crippen molar-refractivity contribution in [3.63, 3.8) is 0 Å². The maximum atomic E-state index is 9.25. The summed E-state index contributed by atoms with van der Waals surface area (Å²) in [5.41, 5.74) is 0. The van der Waals surface area contributed by atoms with Crippen LogP contribution in [0.5, 0.6) is 0 Å². The molecule has 2 N–H and O–H groups in total. The van der Waals surface area contributed by atoms with Crippen LogP contribution in [0.1, 0.15) is 6.92 Å². The van der Waals surface area contributed by atoms with Crippen LogP contribution in [0.3, 0.4) is 0 Å². The lowest BCUT2D eigenvalue weighted by Crippen LogP contribution is -1.82. The van der Waals surface area contributed by atoms with Gasteiger partial charge in [-0.2, -0.15) is 0 Å².